The summed E-state index contributed by atoms with van der Waals surface area (Å²) in [5.41, 5.74) is 0.778. The van der Waals surface area contributed by atoms with Crippen LogP contribution >= 0.6 is 34.5 Å². The molecule has 2 amide bonds. The maximum Gasteiger partial charge on any atom is 0.270 e. The number of benzene rings is 1. The Morgan fingerprint density at radius 1 is 1.18 bits per heavy atom. The lowest BCUT2D eigenvalue weighted by Crippen LogP contribution is -2.34. The van der Waals surface area contributed by atoms with Gasteiger partial charge in [-0.3, -0.25) is 9.59 Å². The third kappa shape index (κ3) is 6.47. The highest BCUT2D eigenvalue weighted by molar-refractivity contribution is 7.09. The summed E-state index contributed by atoms with van der Waals surface area (Å²) in [5.74, 6) is 0.254. The molecule has 152 valence electrons. The van der Waals surface area contributed by atoms with Crippen molar-refractivity contribution in [2.24, 2.45) is 11.8 Å². The van der Waals surface area contributed by atoms with Gasteiger partial charge in [-0.25, -0.2) is 4.98 Å². The minimum absolute atomic E-state index is 0.184. The summed E-state index contributed by atoms with van der Waals surface area (Å²) in [6, 6.07) is 4.84. The van der Waals surface area contributed by atoms with Gasteiger partial charge in [-0.05, 0) is 30.0 Å². The van der Waals surface area contributed by atoms with Gasteiger partial charge in [0.1, 0.15) is 10.7 Å². The summed E-state index contributed by atoms with van der Waals surface area (Å²) in [6.07, 6.45) is 0. The third-order valence-electron chi connectivity index (χ3n) is 3.82. The molecule has 0 saturated heterocycles. The SMILES string of the molecule is CC(C)CNC(=O)c1csc(CN(CC(C)C)C(=O)c2ccc(Cl)cc2Cl)n1. The second-order valence-corrected chi connectivity index (χ2v) is 9.22. The second kappa shape index (κ2) is 10.2. The fraction of sp³-hybridized carbons (Fsp3) is 0.450. The zero-order valence-electron chi connectivity index (χ0n) is 16.5. The van der Waals surface area contributed by atoms with Gasteiger partial charge in [-0.1, -0.05) is 50.9 Å². The number of amides is 2. The molecule has 0 saturated carbocycles. The molecule has 1 heterocycles. The predicted molar refractivity (Wildman–Crippen MR) is 115 cm³/mol. The highest BCUT2D eigenvalue weighted by atomic mass is 35.5. The molecule has 0 aliphatic carbocycles. The van der Waals surface area contributed by atoms with Gasteiger partial charge in [-0.2, -0.15) is 0 Å². The fourth-order valence-corrected chi connectivity index (χ4v) is 3.81. The molecule has 2 aromatic rings. The number of halogens is 2. The van der Waals surface area contributed by atoms with Gasteiger partial charge in [0.05, 0.1) is 17.1 Å². The number of hydrogen-bond donors (Lipinski definition) is 1. The Morgan fingerprint density at radius 2 is 1.89 bits per heavy atom. The molecule has 8 heteroatoms. The van der Waals surface area contributed by atoms with E-state index in [-0.39, 0.29) is 17.7 Å². The Bertz CT molecular complexity index is 837. The molecule has 1 aromatic heterocycles. The quantitative estimate of drug-likeness (QED) is 0.616. The van der Waals surface area contributed by atoms with Crippen LogP contribution in [0.2, 0.25) is 10.0 Å². The van der Waals surface area contributed by atoms with Gasteiger partial charge < -0.3 is 10.2 Å². The number of thiazole rings is 1. The predicted octanol–water partition coefficient (Wildman–Crippen LogP) is 5.13. The maximum absolute atomic E-state index is 13.0. The first kappa shape index (κ1) is 22.7. The number of carbonyl (C=O) groups excluding carboxylic acids is 2. The number of hydrogen-bond acceptors (Lipinski definition) is 4. The summed E-state index contributed by atoms with van der Waals surface area (Å²) in [6.45, 7) is 9.60. The lowest BCUT2D eigenvalue weighted by atomic mass is 10.1. The van der Waals surface area contributed by atoms with Gasteiger partial charge >= 0.3 is 0 Å². The average molecular weight is 442 g/mol. The Balaban J connectivity index is 2.16. The Kier molecular flexibility index (Phi) is 8.28. The Hall–Kier alpha value is -1.63. The Morgan fingerprint density at radius 3 is 2.50 bits per heavy atom. The van der Waals surface area contributed by atoms with Crippen LogP contribution in [0.1, 0.15) is 53.5 Å². The number of nitrogens with zero attached hydrogens (tertiary/aromatic N) is 2. The zero-order chi connectivity index (χ0) is 20.8. The molecule has 0 aliphatic heterocycles. The van der Waals surface area contributed by atoms with E-state index < -0.39 is 0 Å². The van der Waals surface area contributed by atoms with E-state index in [1.807, 2.05) is 27.7 Å². The molecule has 0 fully saturated rings. The van der Waals surface area contributed by atoms with Crippen molar-refractivity contribution in [1.82, 2.24) is 15.2 Å². The van der Waals surface area contributed by atoms with Crippen molar-refractivity contribution in [2.45, 2.75) is 34.2 Å². The van der Waals surface area contributed by atoms with Crippen molar-refractivity contribution in [1.29, 1.82) is 0 Å². The van der Waals surface area contributed by atoms with Gasteiger partial charge in [0.15, 0.2) is 0 Å². The molecule has 1 N–H and O–H groups in total. The molecule has 0 radical (unpaired) electrons. The molecule has 0 atom stereocenters. The van der Waals surface area contributed by atoms with Crippen LogP contribution in [-0.2, 0) is 6.54 Å². The van der Waals surface area contributed by atoms with E-state index in [4.69, 9.17) is 23.2 Å². The number of rotatable bonds is 8. The van der Waals surface area contributed by atoms with E-state index in [9.17, 15) is 9.59 Å². The van der Waals surface area contributed by atoms with Gasteiger partial charge in [-0.15, -0.1) is 11.3 Å². The molecule has 2 rings (SSSR count). The largest absolute Gasteiger partial charge is 0.350 e. The minimum atomic E-state index is -0.196. The first-order valence-electron chi connectivity index (χ1n) is 9.14. The fourth-order valence-electron chi connectivity index (χ4n) is 2.53. The molecule has 0 bridgehead atoms. The topological polar surface area (TPSA) is 62.3 Å². The molecular weight excluding hydrogens is 417 g/mol. The first-order chi connectivity index (χ1) is 13.2. The lowest BCUT2D eigenvalue weighted by Gasteiger charge is -2.24. The molecular formula is C20H25Cl2N3O2S. The van der Waals surface area contributed by atoms with Crippen LogP contribution in [-0.4, -0.2) is 34.8 Å². The average Bonchev–Trinajstić information content (AvgIpc) is 3.07. The van der Waals surface area contributed by atoms with Crippen molar-refractivity contribution in [3.8, 4) is 0 Å². The molecule has 0 spiro atoms. The highest BCUT2D eigenvalue weighted by Gasteiger charge is 2.22. The van der Waals surface area contributed by atoms with Crippen LogP contribution in [0.3, 0.4) is 0 Å². The van der Waals surface area contributed by atoms with E-state index in [0.717, 1.165) is 0 Å². The van der Waals surface area contributed by atoms with Crippen molar-refractivity contribution in [3.63, 3.8) is 0 Å². The van der Waals surface area contributed by atoms with E-state index in [2.05, 4.69) is 10.3 Å². The Labute approximate surface area is 180 Å². The molecule has 0 aliphatic rings. The van der Waals surface area contributed by atoms with Crippen LogP contribution < -0.4 is 5.32 Å². The summed E-state index contributed by atoms with van der Waals surface area (Å²) in [5, 5.41) is 6.08. The molecule has 28 heavy (non-hydrogen) atoms. The summed E-state index contributed by atoms with van der Waals surface area (Å²) < 4.78 is 0. The normalized spacial score (nSPS) is 11.1. The lowest BCUT2D eigenvalue weighted by molar-refractivity contribution is 0.0722. The van der Waals surface area contributed by atoms with Crippen LogP contribution in [0.5, 0.6) is 0 Å². The summed E-state index contributed by atoms with van der Waals surface area (Å²) >= 11 is 13.5. The monoisotopic (exact) mass is 441 g/mol. The van der Waals surface area contributed by atoms with E-state index in [0.29, 0.717) is 51.9 Å². The molecule has 0 unspecified atom stereocenters. The molecule has 1 aromatic carbocycles. The number of carbonyl (C=O) groups is 2. The first-order valence-corrected chi connectivity index (χ1v) is 10.8. The standard InChI is InChI=1S/C20H25Cl2N3O2S/c1-12(2)8-23-19(26)17-11-28-18(24-17)10-25(9-13(3)4)20(27)15-6-5-14(21)7-16(15)22/h5-7,11-13H,8-10H2,1-4H3,(H,23,26). The van der Waals surface area contributed by atoms with Crippen LogP contribution in [0.4, 0.5) is 0 Å². The van der Waals surface area contributed by atoms with E-state index in [1.54, 1.807) is 28.5 Å². The van der Waals surface area contributed by atoms with Gasteiger partial charge in [0, 0.05) is 23.5 Å². The number of nitrogens with one attached hydrogen (secondary N) is 1. The summed E-state index contributed by atoms with van der Waals surface area (Å²) in [4.78, 5) is 31.3. The molecule has 5 nitrogen and oxygen atoms in total. The number of aromatic nitrogens is 1. The van der Waals surface area contributed by atoms with Gasteiger partial charge in [0.2, 0.25) is 0 Å². The van der Waals surface area contributed by atoms with Crippen LogP contribution in [0, 0.1) is 11.8 Å². The second-order valence-electron chi connectivity index (χ2n) is 7.43. The van der Waals surface area contributed by atoms with E-state index in [1.165, 1.54) is 11.3 Å². The van der Waals surface area contributed by atoms with Crippen molar-refractivity contribution in [2.75, 3.05) is 13.1 Å². The van der Waals surface area contributed by atoms with Crippen molar-refractivity contribution >= 4 is 46.4 Å². The van der Waals surface area contributed by atoms with Crippen LogP contribution in [0.15, 0.2) is 23.6 Å². The zero-order valence-corrected chi connectivity index (χ0v) is 18.8. The maximum atomic E-state index is 13.0. The van der Waals surface area contributed by atoms with Crippen molar-refractivity contribution < 1.29 is 9.59 Å². The van der Waals surface area contributed by atoms with Gasteiger partial charge in [0.25, 0.3) is 11.8 Å². The van der Waals surface area contributed by atoms with Crippen LogP contribution in [0.25, 0.3) is 0 Å². The highest BCUT2D eigenvalue weighted by Crippen LogP contribution is 2.24. The summed E-state index contributed by atoms with van der Waals surface area (Å²) in [7, 11) is 0. The van der Waals surface area contributed by atoms with Crippen molar-refractivity contribution in [3.05, 3.63) is 49.9 Å². The van der Waals surface area contributed by atoms with E-state index >= 15 is 0 Å². The third-order valence-corrected chi connectivity index (χ3v) is 5.20. The smallest absolute Gasteiger partial charge is 0.270 e. The minimum Gasteiger partial charge on any atom is -0.350 e.